The third kappa shape index (κ3) is 9.64. The second-order valence-electron chi connectivity index (χ2n) is 21.0. The van der Waals surface area contributed by atoms with Crippen molar-refractivity contribution in [3.8, 4) is 27.4 Å². The minimum absolute atomic E-state index is 0.0331. The van der Waals surface area contributed by atoms with Crippen molar-refractivity contribution >= 4 is 46.5 Å². The number of nitrogens with two attached hydrogens (primary N) is 1. The summed E-state index contributed by atoms with van der Waals surface area (Å²) >= 11 is 1.59. The number of piperidine rings is 1. The molecule has 17 nitrogen and oxygen atoms in total. The third-order valence-corrected chi connectivity index (χ3v) is 16.4. The molecule has 0 spiro atoms. The Bertz CT molecular complexity index is 2680. The predicted octanol–water partition coefficient (Wildman–Crippen LogP) is 5.28. The molecule has 5 fully saturated rings. The number of fused-ring (bicyclic) bond motifs is 2. The molecule has 3 aromatic heterocycles. The van der Waals surface area contributed by atoms with Gasteiger partial charge in [-0.3, -0.25) is 14.4 Å². The number of piperazine rings is 1. The van der Waals surface area contributed by atoms with Gasteiger partial charge in [0.1, 0.15) is 17.8 Å². The van der Waals surface area contributed by atoms with Gasteiger partial charge in [0.15, 0.2) is 5.82 Å². The number of phenols is 1. The lowest BCUT2D eigenvalue weighted by molar-refractivity contribution is -0.145. The zero-order valence-electron chi connectivity index (χ0n) is 40.4. The van der Waals surface area contributed by atoms with Crippen molar-refractivity contribution in [2.24, 2.45) is 11.3 Å². The third-order valence-electron chi connectivity index (χ3n) is 15.4. The molecule has 5 atom stereocenters. The number of benzene rings is 2. The minimum atomic E-state index is -0.860. The molecule has 2 unspecified atom stereocenters. The van der Waals surface area contributed by atoms with Crippen LogP contribution in [0, 0.1) is 18.3 Å². The number of hydrogen-bond donors (Lipinski definition) is 5. The lowest BCUT2D eigenvalue weighted by atomic mass is 9.76. The highest BCUT2D eigenvalue weighted by molar-refractivity contribution is 7.13. The van der Waals surface area contributed by atoms with E-state index in [0.29, 0.717) is 29.0 Å². The van der Waals surface area contributed by atoms with Crippen molar-refractivity contribution in [3.63, 3.8) is 0 Å². The quantitative estimate of drug-likeness (QED) is 0.108. The number of aromatic hydroxyl groups is 1. The van der Waals surface area contributed by atoms with Gasteiger partial charge < -0.3 is 46.2 Å². The highest BCUT2D eigenvalue weighted by Crippen LogP contribution is 2.40. The number of rotatable bonds is 12. The molecule has 70 heavy (non-hydrogen) atoms. The first kappa shape index (κ1) is 47.4. The van der Waals surface area contributed by atoms with Crippen LogP contribution in [0.1, 0.15) is 88.5 Å². The van der Waals surface area contributed by atoms with Gasteiger partial charge in [0.25, 0.3) is 0 Å². The Kier molecular flexibility index (Phi) is 13.2. The van der Waals surface area contributed by atoms with E-state index < -0.39 is 23.6 Å². The Morgan fingerprint density at radius 1 is 0.871 bits per heavy atom. The summed E-state index contributed by atoms with van der Waals surface area (Å²) in [6.07, 6.45) is 8.82. The molecule has 1 saturated carbocycles. The summed E-state index contributed by atoms with van der Waals surface area (Å²) in [6.45, 7) is 11.4. The smallest absolute Gasteiger partial charge is 0.246 e. The molecular formula is C52H64N12O5S. The first-order valence-corrected chi connectivity index (χ1v) is 25.6. The van der Waals surface area contributed by atoms with E-state index in [9.17, 15) is 24.6 Å². The second-order valence-corrected chi connectivity index (χ2v) is 21.9. The van der Waals surface area contributed by atoms with E-state index in [-0.39, 0.29) is 61.0 Å². The predicted molar refractivity (Wildman–Crippen MR) is 269 cm³/mol. The van der Waals surface area contributed by atoms with Crippen LogP contribution in [-0.2, 0) is 20.9 Å². The number of aliphatic hydroxyl groups excluding tert-OH is 1. The summed E-state index contributed by atoms with van der Waals surface area (Å²) in [4.78, 5) is 65.6. The maximum Gasteiger partial charge on any atom is 0.246 e. The number of phenolic OH excluding ortho intramolecular Hbond substituents is 1. The molecule has 6 N–H and O–H groups in total. The van der Waals surface area contributed by atoms with Crippen LogP contribution in [0.25, 0.3) is 21.7 Å². The molecule has 18 heteroatoms. The van der Waals surface area contributed by atoms with Crippen molar-refractivity contribution in [1.82, 2.24) is 45.6 Å². The number of β-amino-alcohol motifs (C(OH)–C–C–N with tert-alkyl or cyclic N) is 1. The summed E-state index contributed by atoms with van der Waals surface area (Å²) in [5, 5.41) is 35.7. The van der Waals surface area contributed by atoms with Crippen LogP contribution >= 0.6 is 11.3 Å². The molecule has 7 heterocycles. The molecule has 5 aliphatic rings. The van der Waals surface area contributed by atoms with Crippen LogP contribution in [-0.4, -0.2) is 132 Å². The van der Waals surface area contributed by atoms with E-state index in [0.717, 1.165) is 104 Å². The van der Waals surface area contributed by atoms with Gasteiger partial charge in [0.05, 0.1) is 33.6 Å². The number of carbonyl (C=O) groups is 3. The van der Waals surface area contributed by atoms with Crippen molar-refractivity contribution in [3.05, 3.63) is 89.3 Å². The Morgan fingerprint density at radius 2 is 1.57 bits per heavy atom. The van der Waals surface area contributed by atoms with Crippen LogP contribution < -0.4 is 26.2 Å². The number of aromatic nitrogens is 5. The highest BCUT2D eigenvalue weighted by Gasteiger charge is 2.47. The van der Waals surface area contributed by atoms with E-state index in [1.54, 1.807) is 23.5 Å². The summed E-state index contributed by atoms with van der Waals surface area (Å²) in [5.74, 6) is 0.627. The fourth-order valence-corrected chi connectivity index (χ4v) is 12.1. The summed E-state index contributed by atoms with van der Waals surface area (Å²) in [6, 6.07) is 16.1. The molecule has 0 radical (unpaired) electrons. The number of likely N-dealkylation sites (tertiary alicyclic amines) is 2. The molecule has 5 aromatic rings. The number of nitrogen functional groups attached to an aromatic ring is 1. The van der Waals surface area contributed by atoms with Gasteiger partial charge in [-0.15, -0.1) is 21.5 Å². The Balaban J connectivity index is 0.690. The largest absolute Gasteiger partial charge is 0.507 e. The summed E-state index contributed by atoms with van der Waals surface area (Å²) < 4.78 is 0. The maximum absolute atomic E-state index is 14.3. The van der Waals surface area contributed by atoms with Crippen LogP contribution in [0.15, 0.2) is 72.5 Å². The minimum Gasteiger partial charge on any atom is -0.507 e. The number of aryl methyl sites for hydroxylation is 1. The average Bonchev–Trinajstić information content (AvgIpc) is 4.03. The maximum atomic E-state index is 14.3. The number of amides is 3. The number of nitrogens with zero attached hydrogens (tertiary/aromatic N) is 9. The van der Waals surface area contributed by atoms with Gasteiger partial charge in [-0.1, -0.05) is 57.2 Å². The molecule has 2 bridgehead atoms. The monoisotopic (exact) mass is 968 g/mol. The highest BCUT2D eigenvalue weighted by atomic mass is 32.1. The number of nitrogens with one attached hydrogen (secondary N) is 2. The number of hydrogen-bond acceptors (Lipinski definition) is 15. The van der Waals surface area contributed by atoms with Crippen LogP contribution in [0.4, 0.5) is 17.5 Å². The van der Waals surface area contributed by atoms with Gasteiger partial charge in [-0.2, -0.15) is 0 Å². The Morgan fingerprint density at radius 3 is 2.23 bits per heavy atom. The molecule has 3 amide bonds. The number of para-hydroxylation sites is 1. The normalized spacial score (nSPS) is 24.3. The van der Waals surface area contributed by atoms with Crippen LogP contribution in [0.5, 0.6) is 5.75 Å². The van der Waals surface area contributed by atoms with Crippen LogP contribution in [0.3, 0.4) is 0 Å². The zero-order valence-corrected chi connectivity index (χ0v) is 41.2. The van der Waals surface area contributed by atoms with E-state index in [1.165, 1.54) is 4.90 Å². The average molecular weight is 969 g/mol. The van der Waals surface area contributed by atoms with E-state index in [2.05, 4.69) is 40.5 Å². The lowest BCUT2D eigenvalue weighted by Crippen LogP contribution is -2.60. The van der Waals surface area contributed by atoms with Crippen LogP contribution in [0.2, 0.25) is 0 Å². The molecule has 10 rings (SSSR count). The Hall–Kier alpha value is -6.24. The number of carbonyl (C=O) groups excluding carboxylic acids is 3. The van der Waals surface area contributed by atoms with Gasteiger partial charge in [0, 0.05) is 74.6 Å². The van der Waals surface area contributed by atoms with Gasteiger partial charge in [0.2, 0.25) is 23.7 Å². The van der Waals surface area contributed by atoms with Gasteiger partial charge in [-0.05, 0) is 105 Å². The first-order chi connectivity index (χ1) is 33.7. The van der Waals surface area contributed by atoms with Crippen molar-refractivity contribution in [2.75, 3.05) is 48.3 Å². The first-order valence-electron chi connectivity index (χ1n) is 24.7. The molecular weight excluding hydrogens is 905 g/mol. The standard InChI is InChI=1S/C52H64N12O5S/c1-30-45(70-29-57-30)33-11-9-31(10-12-33)23-54-49(68)43-21-39(65)28-63(43)50(69)46(52(2,3)4)58-48(67)34-19-38(20-34)61-17-15-32(16-18-61)35-24-55-51(56-25-35)64-36-13-14-37(64)27-62(26-36)42-22-41(59-60-47(42)53)40-7-5-6-8-44(40)66/h5-12,22,24-25,29,32,34,36-39,43,46,65-66H,13-21,23,26-28H2,1-4H3,(H2,53,60)(H,54,68)(H,58,67)/t34-,36?,37?,38-,39-,43+,46-/m1/s1. The lowest BCUT2D eigenvalue weighted by Gasteiger charge is -2.46. The number of aliphatic hydroxyl groups is 1. The fourth-order valence-electron chi connectivity index (χ4n) is 11.3. The second kappa shape index (κ2) is 19.5. The van der Waals surface area contributed by atoms with E-state index in [4.69, 9.17) is 15.7 Å². The molecule has 4 aliphatic heterocycles. The molecule has 2 aromatic carbocycles. The SMILES string of the molecule is Cc1ncsc1-c1ccc(CNC(=O)[C@@H]2C[C@@H](O)CN2C(=O)[C@@H](NC(=O)[C@H]2C[C@H](N3CCC(c4cnc(N5C6CCC5CN(c5cc(-c7ccccc7O)nnc5N)C6)nc4)CC3)C2)C(C)(C)C)cc1. The van der Waals surface area contributed by atoms with Gasteiger partial charge >= 0.3 is 0 Å². The van der Waals surface area contributed by atoms with Gasteiger partial charge in [-0.25, -0.2) is 15.0 Å². The Labute approximate surface area is 412 Å². The molecule has 4 saturated heterocycles. The van der Waals surface area contributed by atoms with E-state index >= 15 is 0 Å². The fraction of sp³-hybridized carbons (Fsp3) is 0.500. The summed E-state index contributed by atoms with van der Waals surface area (Å²) in [5.41, 5.74) is 13.7. The van der Waals surface area contributed by atoms with E-state index in [1.807, 2.05) is 88.1 Å². The van der Waals surface area contributed by atoms with Crippen molar-refractivity contribution in [2.45, 2.75) is 121 Å². The molecule has 1 aliphatic carbocycles. The molecule has 368 valence electrons. The van der Waals surface area contributed by atoms with Crippen molar-refractivity contribution < 1.29 is 24.6 Å². The van der Waals surface area contributed by atoms with Crippen molar-refractivity contribution in [1.29, 1.82) is 0 Å². The number of anilines is 3. The summed E-state index contributed by atoms with van der Waals surface area (Å²) in [7, 11) is 0. The topological polar surface area (TPSA) is 219 Å². The zero-order chi connectivity index (χ0) is 48.8. The number of thiazole rings is 1.